The van der Waals surface area contributed by atoms with Crippen LogP contribution < -0.4 is 4.74 Å². The molecule has 0 unspecified atom stereocenters. The number of pyridine rings is 1. The summed E-state index contributed by atoms with van der Waals surface area (Å²) in [6.07, 6.45) is 6.94. The van der Waals surface area contributed by atoms with E-state index in [1.165, 1.54) is 0 Å². The van der Waals surface area contributed by atoms with E-state index in [0.29, 0.717) is 12.3 Å². The van der Waals surface area contributed by atoms with Crippen LogP contribution in [0.25, 0.3) is 12.2 Å². The van der Waals surface area contributed by atoms with Gasteiger partial charge in [0.1, 0.15) is 19.3 Å². The van der Waals surface area contributed by atoms with Crippen molar-refractivity contribution >= 4 is 18.1 Å². The zero-order valence-electron chi connectivity index (χ0n) is 20.1. The fourth-order valence-corrected chi connectivity index (χ4v) is 4.29. The lowest BCUT2D eigenvalue weighted by molar-refractivity contribution is -0.235. The predicted octanol–water partition coefficient (Wildman–Crippen LogP) is 4.02. The summed E-state index contributed by atoms with van der Waals surface area (Å²) in [6.45, 7) is 4.55. The third-order valence-corrected chi connectivity index (χ3v) is 5.81. The largest absolute Gasteiger partial charge is 0.496 e. The van der Waals surface area contributed by atoms with Gasteiger partial charge in [-0.1, -0.05) is 44.2 Å². The van der Waals surface area contributed by atoms with Gasteiger partial charge in [0.2, 0.25) is 0 Å². The van der Waals surface area contributed by atoms with Crippen molar-refractivity contribution in [1.29, 1.82) is 0 Å². The number of rotatable bonds is 12. The number of aromatic nitrogens is 1. The molecular weight excluding hydrogens is 420 g/mol. The SMILES string of the molecule is COCO[C@@]1(Cc2cc(/C=C/c3ccccc3OC)ccn2)C(=O)N(COC)[C@H]1CC(C)C. The van der Waals surface area contributed by atoms with Gasteiger partial charge in [0.05, 0.1) is 13.2 Å². The van der Waals surface area contributed by atoms with Gasteiger partial charge in [0.15, 0.2) is 5.60 Å². The Balaban J connectivity index is 1.86. The van der Waals surface area contributed by atoms with Crippen LogP contribution in [0, 0.1) is 5.92 Å². The number of hydrogen-bond acceptors (Lipinski definition) is 6. The highest BCUT2D eigenvalue weighted by Gasteiger charge is 2.61. The molecule has 0 spiro atoms. The number of hydrogen-bond donors (Lipinski definition) is 0. The van der Waals surface area contributed by atoms with E-state index in [4.69, 9.17) is 18.9 Å². The standard InChI is InChI=1S/C26H34N2O5/c1-19(2)14-24-26(33-18-31-4,25(29)28(24)17-30-3)16-22-15-20(12-13-27-22)10-11-21-8-6-7-9-23(21)32-5/h6-13,15,19,24H,14,16-18H2,1-5H3/b11-10+/t24-,26+/m0/s1. The van der Waals surface area contributed by atoms with Crippen LogP contribution >= 0.6 is 0 Å². The number of carbonyl (C=O) groups excluding carboxylic acids is 1. The summed E-state index contributed by atoms with van der Waals surface area (Å²) in [5.74, 6) is 1.10. The van der Waals surface area contributed by atoms with E-state index in [2.05, 4.69) is 18.8 Å². The van der Waals surface area contributed by atoms with Crippen LogP contribution in [0.4, 0.5) is 0 Å². The number of carbonyl (C=O) groups is 1. The maximum atomic E-state index is 13.3. The van der Waals surface area contributed by atoms with Crippen LogP contribution in [0.3, 0.4) is 0 Å². The van der Waals surface area contributed by atoms with Gasteiger partial charge >= 0.3 is 0 Å². The van der Waals surface area contributed by atoms with E-state index in [-0.39, 0.29) is 25.5 Å². The van der Waals surface area contributed by atoms with Crippen LogP contribution in [0.15, 0.2) is 42.6 Å². The van der Waals surface area contributed by atoms with Crippen molar-refractivity contribution in [3.63, 3.8) is 0 Å². The first-order valence-corrected chi connectivity index (χ1v) is 11.1. The minimum atomic E-state index is -1.02. The molecule has 0 saturated carbocycles. The number of para-hydroxylation sites is 1. The van der Waals surface area contributed by atoms with Gasteiger partial charge in [-0.2, -0.15) is 0 Å². The molecule has 3 rings (SSSR count). The monoisotopic (exact) mass is 454 g/mol. The lowest BCUT2D eigenvalue weighted by Crippen LogP contribution is -2.76. The van der Waals surface area contributed by atoms with E-state index in [1.54, 1.807) is 32.4 Å². The highest BCUT2D eigenvalue weighted by Crippen LogP contribution is 2.40. The van der Waals surface area contributed by atoms with E-state index < -0.39 is 5.60 Å². The highest BCUT2D eigenvalue weighted by molar-refractivity contribution is 5.93. The average Bonchev–Trinajstić information content (AvgIpc) is 2.83. The molecule has 1 amide bonds. The quantitative estimate of drug-likeness (QED) is 0.356. The summed E-state index contributed by atoms with van der Waals surface area (Å²) >= 11 is 0. The molecule has 1 aliphatic heterocycles. The highest BCUT2D eigenvalue weighted by atomic mass is 16.7. The van der Waals surface area contributed by atoms with Gasteiger partial charge in [-0.3, -0.25) is 9.78 Å². The number of amides is 1. The molecule has 2 atom stereocenters. The number of benzene rings is 1. The van der Waals surface area contributed by atoms with Gasteiger partial charge < -0.3 is 23.8 Å². The van der Waals surface area contributed by atoms with Crippen molar-refractivity contribution in [2.45, 2.75) is 38.3 Å². The van der Waals surface area contributed by atoms with E-state index >= 15 is 0 Å². The van der Waals surface area contributed by atoms with Gasteiger partial charge in [0, 0.05) is 38.1 Å². The summed E-state index contributed by atoms with van der Waals surface area (Å²) in [5, 5.41) is 0. The molecule has 0 bridgehead atoms. The first kappa shape index (κ1) is 24.9. The second-order valence-electron chi connectivity index (χ2n) is 8.61. The first-order valence-electron chi connectivity index (χ1n) is 11.1. The molecule has 1 aliphatic rings. The first-order chi connectivity index (χ1) is 15.9. The van der Waals surface area contributed by atoms with E-state index in [0.717, 1.165) is 29.0 Å². The van der Waals surface area contributed by atoms with Crippen molar-refractivity contribution in [1.82, 2.24) is 9.88 Å². The lowest BCUT2D eigenvalue weighted by atomic mass is 9.75. The number of β-lactam (4-membered cyclic amide) rings is 1. The molecule has 33 heavy (non-hydrogen) atoms. The predicted molar refractivity (Wildman–Crippen MR) is 128 cm³/mol. The molecule has 1 aromatic heterocycles. The van der Waals surface area contributed by atoms with E-state index in [1.807, 2.05) is 48.6 Å². The molecule has 2 heterocycles. The maximum absolute atomic E-state index is 13.3. The van der Waals surface area contributed by atoms with E-state index in [9.17, 15) is 4.79 Å². The smallest absolute Gasteiger partial charge is 0.259 e. The van der Waals surface area contributed by atoms with Crippen LogP contribution in [-0.4, -0.2) is 62.3 Å². The second kappa shape index (κ2) is 11.4. The van der Waals surface area contributed by atoms with Crippen LogP contribution in [-0.2, 0) is 25.4 Å². The maximum Gasteiger partial charge on any atom is 0.259 e. The molecule has 7 heteroatoms. The minimum Gasteiger partial charge on any atom is -0.496 e. The molecule has 7 nitrogen and oxygen atoms in total. The summed E-state index contributed by atoms with van der Waals surface area (Å²) in [7, 11) is 4.81. The van der Waals surface area contributed by atoms with Gasteiger partial charge in [-0.05, 0) is 36.1 Å². The molecule has 178 valence electrons. The Bertz CT molecular complexity index is 961. The molecule has 2 aromatic rings. The van der Waals surface area contributed by atoms with Crippen molar-refractivity contribution in [3.8, 4) is 5.75 Å². The Morgan fingerprint density at radius 3 is 2.61 bits per heavy atom. The van der Waals surface area contributed by atoms with Crippen molar-refractivity contribution < 1.29 is 23.7 Å². The summed E-state index contributed by atoms with van der Waals surface area (Å²) < 4.78 is 21.9. The minimum absolute atomic E-state index is 0.0363. The van der Waals surface area contributed by atoms with Crippen molar-refractivity contribution in [2.24, 2.45) is 5.92 Å². The Morgan fingerprint density at radius 1 is 1.12 bits per heavy atom. The Kier molecular flexibility index (Phi) is 8.61. The zero-order valence-corrected chi connectivity index (χ0v) is 20.1. The molecule has 0 aliphatic carbocycles. The molecule has 1 aromatic carbocycles. The molecular formula is C26H34N2O5. The number of nitrogens with zero attached hydrogens (tertiary/aromatic N) is 2. The fourth-order valence-electron chi connectivity index (χ4n) is 4.29. The Morgan fingerprint density at radius 2 is 1.91 bits per heavy atom. The van der Waals surface area contributed by atoms with Crippen molar-refractivity contribution in [3.05, 3.63) is 59.4 Å². The Labute approximate surface area is 196 Å². The summed E-state index contributed by atoms with van der Waals surface area (Å²) in [6, 6.07) is 11.6. The topological polar surface area (TPSA) is 70.1 Å². The lowest BCUT2D eigenvalue weighted by Gasteiger charge is -2.55. The average molecular weight is 455 g/mol. The van der Waals surface area contributed by atoms with Gasteiger partial charge in [-0.15, -0.1) is 0 Å². The number of methoxy groups -OCH3 is 3. The molecule has 1 fully saturated rings. The number of ether oxygens (including phenoxy) is 4. The third kappa shape index (κ3) is 5.61. The van der Waals surface area contributed by atoms with Crippen molar-refractivity contribution in [2.75, 3.05) is 34.9 Å². The fraction of sp³-hybridized carbons (Fsp3) is 0.462. The summed E-state index contributed by atoms with van der Waals surface area (Å²) in [4.78, 5) is 19.5. The molecule has 0 radical (unpaired) electrons. The molecule has 0 N–H and O–H groups in total. The summed E-state index contributed by atoms with van der Waals surface area (Å²) in [5.41, 5.74) is 1.73. The normalized spacial score (nSPS) is 20.5. The van der Waals surface area contributed by atoms with Crippen LogP contribution in [0.5, 0.6) is 5.75 Å². The second-order valence-corrected chi connectivity index (χ2v) is 8.61. The third-order valence-electron chi connectivity index (χ3n) is 5.81. The van der Waals surface area contributed by atoms with Gasteiger partial charge in [0.25, 0.3) is 5.91 Å². The van der Waals surface area contributed by atoms with Gasteiger partial charge in [-0.25, -0.2) is 0 Å². The van der Waals surface area contributed by atoms with Crippen LogP contribution in [0.1, 0.15) is 37.1 Å². The Hall–Kier alpha value is -2.74. The zero-order chi connectivity index (χ0) is 23.8. The van der Waals surface area contributed by atoms with Crippen LogP contribution in [0.2, 0.25) is 0 Å². The number of likely N-dealkylation sites (tertiary alicyclic amines) is 1. The molecule has 1 saturated heterocycles.